The van der Waals surface area contributed by atoms with Gasteiger partial charge in [0.1, 0.15) is 0 Å². The molecule has 1 aromatic heterocycles. The van der Waals surface area contributed by atoms with Gasteiger partial charge in [-0.2, -0.15) is 4.98 Å². The first kappa shape index (κ1) is 16.7. The van der Waals surface area contributed by atoms with Gasteiger partial charge in [0.15, 0.2) is 5.82 Å². The van der Waals surface area contributed by atoms with Gasteiger partial charge >= 0.3 is 0 Å². The Morgan fingerprint density at radius 3 is 2.42 bits per heavy atom. The van der Waals surface area contributed by atoms with Crippen molar-refractivity contribution in [3.8, 4) is 11.5 Å². The highest BCUT2D eigenvalue weighted by Crippen LogP contribution is 2.38. The average Bonchev–Trinajstić information content (AvgIpc) is 3.04. The molecule has 2 N–H and O–H groups in total. The highest BCUT2D eigenvalue weighted by Gasteiger charge is 2.39. The monoisotopic (exact) mass is 341 g/mol. The zero-order valence-corrected chi connectivity index (χ0v) is 14.1. The van der Waals surface area contributed by atoms with Gasteiger partial charge in [-0.1, -0.05) is 53.7 Å². The molecule has 124 valence electrons. The maximum absolute atomic E-state index is 6.29. The number of aromatic nitrogens is 2. The summed E-state index contributed by atoms with van der Waals surface area (Å²) >= 11 is 0. The van der Waals surface area contributed by atoms with Gasteiger partial charge in [-0.3, -0.25) is 0 Å². The first-order valence-electron chi connectivity index (χ1n) is 8.00. The molecule has 4 nitrogen and oxygen atoms in total. The number of halogens is 1. The summed E-state index contributed by atoms with van der Waals surface area (Å²) in [6.45, 7) is 0. The highest BCUT2D eigenvalue weighted by atomic mass is 35.5. The SMILES string of the molecule is Cl.NC1(c2noc(-c3ccccc3Cc3ccccc3)n2)CCC1. The molecular formula is C19H20ClN3O. The molecule has 0 atom stereocenters. The van der Waals surface area contributed by atoms with Gasteiger partial charge in [0, 0.05) is 5.56 Å². The van der Waals surface area contributed by atoms with Crippen molar-refractivity contribution >= 4 is 12.4 Å². The molecule has 0 spiro atoms. The molecule has 0 saturated heterocycles. The van der Waals surface area contributed by atoms with E-state index in [0.29, 0.717) is 11.7 Å². The Hall–Kier alpha value is -2.17. The molecule has 2 aromatic carbocycles. The van der Waals surface area contributed by atoms with E-state index < -0.39 is 5.54 Å². The minimum atomic E-state index is -0.393. The first-order chi connectivity index (χ1) is 11.2. The third kappa shape index (κ3) is 3.07. The standard InChI is InChI=1S/C19H19N3O.ClH/c20-19(11-6-12-19)18-21-17(23-22-18)16-10-5-4-9-15(16)13-14-7-2-1-3-8-14;/h1-5,7-10H,6,11-13,20H2;1H. The van der Waals surface area contributed by atoms with Crippen LogP contribution in [0.5, 0.6) is 0 Å². The van der Waals surface area contributed by atoms with Crippen LogP contribution in [-0.2, 0) is 12.0 Å². The normalized spacial score (nSPS) is 15.4. The number of hydrogen-bond donors (Lipinski definition) is 1. The summed E-state index contributed by atoms with van der Waals surface area (Å²) < 4.78 is 5.51. The summed E-state index contributed by atoms with van der Waals surface area (Å²) in [5, 5.41) is 4.12. The number of rotatable bonds is 4. The topological polar surface area (TPSA) is 64.9 Å². The van der Waals surface area contributed by atoms with Crippen LogP contribution in [0.2, 0.25) is 0 Å². The van der Waals surface area contributed by atoms with Crippen molar-refractivity contribution in [3.63, 3.8) is 0 Å². The highest BCUT2D eigenvalue weighted by molar-refractivity contribution is 5.85. The number of nitrogens with zero attached hydrogens (tertiary/aromatic N) is 2. The van der Waals surface area contributed by atoms with E-state index in [1.54, 1.807) is 0 Å². The van der Waals surface area contributed by atoms with E-state index in [9.17, 15) is 0 Å². The van der Waals surface area contributed by atoms with Crippen LogP contribution in [0.1, 0.15) is 36.2 Å². The van der Waals surface area contributed by atoms with Crippen LogP contribution in [0.25, 0.3) is 11.5 Å². The molecule has 1 aliphatic carbocycles. The average molecular weight is 342 g/mol. The molecule has 0 amide bonds. The van der Waals surface area contributed by atoms with Gasteiger partial charge in [-0.15, -0.1) is 12.4 Å². The van der Waals surface area contributed by atoms with E-state index in [1.165, 1.54) is 11.1 Å². The second-order valence-electron chi connectivity index (χ2n) is 6.25. The molecular weight excluding hydrogens is 322 g/mol. The minimum absolute atomic E-state index is 0. The fraction of sp³-hybridized carbons (Fsp3) is 0.263. The van der Waals surface area contributed by atoms with Crippen LogP contribution in [0.3, 0.4) is 0 Å². The molecule has 1 saturated carbocycles. The second-order valence-corrected chi connectivity index (χ2v) is 6.25. The van der Waals surface area contributed by atoms with Crippen molar-refractivity contribution in [2.75, 3.05) is 0 Å². The fourth-order valence-electron chi connectivity index (χ4n) is 3.02. The van der Waals surface area contributed by atoms with Gasteiger partial charge in [-0.05, 0) is 42.9 Å². The lowest BCUT2D eigenvalue weighted by Crippen LogP contribution is -2.44. The third-order valence-electron chi connectivity index (χ3n) is 4.60. The van der Waals surface area contributed by atoms with Gasteiger partial charge in [0.25, 0.3) is 5.89 Å². The van der Waals surface area contributed by atoms with E-state index in [4.69, 9.17) is 10.3 Å². The maximum Gasteiger partial charge on any atom is 0.258 e. The van der Waals surface area contributed by atoms with Crippen molar-refractivity contribution in [1.29, 1.82) is 0 Å². The van der Waals surface area contributed by atoms with E-state index in [-0.39, 0.29) is 12.4 Å². The summed E-state index contributed by atoms with van der Waals surface area (Å²) in [5.41, 5.74) is 9.32. The quantitative estimate of drug-likeness (QED) is 0.776. The Kier molecular flexibility index (Phi) is 4.69. The molecule has 0 radical (unpaired) electrons. The molecule has 0 bridgehead atoms. The number of benzene rings is 2. The molecule has 0 aliphatic heterocycles. The lowest BCUT2D eigenvalue weighted by molar-refractivity contribution is 0.229. The van der Waals surface area contributed by atoms with Crippen LogP contribution in [0, 0.1) is 0 Å². The van der Waals surface area contributed by atoms with E-state index in [2.05, 4.69) is 40.5 Å². The summed E-state index contributed by atoms with van der Waals surface area (Å²) in [6.07, 6.45) is 3.82. The zero-order valence-electron chi connectivity index (χ0n) is 13.3. The summed E-state index contributed by atoms with van der Waals surface area (Å²) in [4.78, 5) is 4.57. The smallest absolute Gasteiger partial charge is 0.258 e. The number of hydrogen-bond acceptors (Lipinski definition) is 4. The Labute approximate surface area is 147 Å². The maximum atomic E-state index is 6.29. The van der Waals surface area contributed by atoms with Crippen molar-refractivity contribution in [3.05, 3.63) is 71.5 Å². The van der Waals surface area contributed by atoms with Crippen LogP contribution in [0.4, 0.5) is 0 Å². The van der Waals surface area contributed by atoms with Crippen molar-refractivity contribution in [2.24, 2.45) is 5.73 Å². The van der Waals surface area contributed by atoms with Crippen molar-refractivity contribution in [2.45, 2.75) is 31.2 Å². The van der Waals surface area contributed by atoms with Crippen LogP contribution < -0.4 is 5.73 Å². The van der Waals surface area contributed by atoms with Gasteiger partial charge in [0.05, 0.1) is 5.54 Å². The lowest BCUT2D eigenvalue weighted by atomic mass is 9.77. The molecule has 24 heavy (non-hydrogen) atoms. The second kappa shape index (κ2) is 6.75. The Morgan fingerprint density at radius 2 is 1.71 bits per heavy atom. The van der Waals surface area contributed by atoms with Crippen LogP contribution in [-0.4, -0.2) is 10.1 Å². The predicted octanol–water partition coefficient (Wildman–Crippen LogP) is 4.09. The zero-order chi connectivity index (χ0) is 15.7. The van der Waals surface area contributed by atoms with Gasteiger partial charge in [0.2, 0.25) is 0 Å². The Balaban J connectivity index is 0.00000169. The summed E-state index contributed by atoms with van der Waals surface area (Å²) in [7, 11) is 0. The Bertz CT molecular complexity index is 812. The molecule has 0 unspecified atom stereocenters. The predicted molar refractivity (Wildman–Crippen MR) is 95.9 cm³/mol. The lowest BCUT2D eigenvalue weighted by Gasteiger charge is -2.34. The van der Waals surface area contributed by atoms with Crippen LogP contribution in [0.15, 0.2) is 59.1 Å². The van der Waals surface area contributed by atoms with Gasteiger partial charge in [-0.25, -0.2) is 0 Å². The van der Waals surface area contributed by atoms with Crippen molar-refractivity contribution in [1.82, 2.24) is 10.1 Å². The summed E-state index contributed by atoms with van der Waals surface area (Å²) in [6, 6.07) is 18.5. The van der Waals surface area contributed by atoms with Gasteiger partial charge < -0.3 is 10.3 Å². The minimum Gasteiger partial charge on any atom is -0.334 e. The number of nitrogens with two attached hydrogens (primary N) is 1. The van der Waals surface area contributed by atoms with E-state index >= 15 is 0 Å². The molecule has 5 heteroatoms. The molecule has 1 aliphatic rings. The fourth-order valence-corrected chi connectivity index (χ4v) is 3.02. The van der Waals surface area contributed by atoms with Crippen molar-refractivity contribution < 1.29 is 4.52 Å². The molecule has 1 fully saturated rings. The molecule has 1 heterocycles. The largest absolute Gasteiger partial charge is 0.334 e. The van der Waals surface area contributed by atoms with E-state index in [0.717, 1.165) is 31.2 Å². The third-order valence-corrected chi connectivity index (χ3v) is 4.60. The molecule has 4 rings (SSSR count). The Morgan fingerprint density at radius 1 is 1.00 bits per heavy atom. The van der Waals surface area contributed by atoms with Crippen LogP contribution >= 0.6 is 12.4 Å². The first-order valence-corrected chi connectivity index (χ1v) is 8.00. The van der Waals surface area contributed by atoms with E-state index in [1.807, 2.05) is 24.3 Å². The molecule has 3 aromatic rings. The summed E-state index contributed by atoms with van der Waals surface area (Å²) in [5.74, 6) is 1.19.